The van der Waals surface area contributed by atoms with E-state index in [2.05, 4.69) is 5.32 Å². The van der Waals surface area contributed by atoms with Gasteiger partial charge in [0.25, 0.3) is 0 Å². The number of halogens is 2. The zero-order valence-electron chi connectivity index (χ0n) is 14.9. The van der Waals surface area contributed by atoms with Crippen molar-refractivity contribution < 1.29 is 14.5 Å². The van der Waals surface area contributed by atoms with Gasteiger partial charge in [-0.15, -0.1) is 12.4 Å². The predicted octanol–water partition coefficient (Wildman–Crippen LogP) is 3.46. The van der Waals surface area contributed by atoms with Crippen LogP contribution in [-0.2, 0) is 4.79 Å². The number of nitro groups is 1. The van der Waals surface area contributed by atoms with Gasteiger partial charge in [0.1, 0.15) is 0 Å². The van der Waals surface area contributed by atoms with Crippen molar-refractivity contribution >= 4 is 35.6 Å². The Morgan fingerprint density at radius 1 is 1.33 bits per heavy atom. The number of nitrogens with zero attached hydrogens (tertiary/aromatic N) is 1. The van der Waals surface area contributed by atoms with E-state index < -0.39 is 4.92 Å². The number of fused-ring (bicyclic) bond motifs is 2. The first kappa shape index (κ1) is 21.7. The Morgan fingerprint density at radius 2 is 2.00 bits per heavy atom. The van der Waals surface area contributed by atoms with E-state index in [1.54, 1.807) is 0 Å². The average Bonchev–Trinajstić information content (AvgIpc) is 2.57. The molecule has 3 rings (SSSR count). The second-order valence-corrected chi connectivity index (χ2v) is 7.68. The van der Waals surface area contributed by atoms with Crippen molar-refractivity contribution in [1.82, 2.24) is 5.32 Å². The monoisotopic (exact) mass is 417 g/mol. The molecule has 1 aromatic carbocycles. The van der Waals surface area contributed by atoms with Crippen molar-refractivity contribution in [2.45, 2.75) is 50.6 Å². The molecule has 0 aliphatic heterocycles. The molecule has 3 N–H and O–H groups in total. The number of benzene rings is 1. The Bertz CT molecular complexity index is 675. The lowest BCUT2D eigenvalue weighted by molar-refractivity contribution is -0.385. The summed E-state index contributed by atoms with van der Waals surface area (Å²) in [4.78, 5) is 22.8. The Morgan fingerprint density at radius 3 is 2.63 bits per heavy atom. The number of rotatable bonds is 6. The Hall–Kier alpha value is -1.57. The van der Waals surface area contributed by atoms with Crippen LogP contribution >= 0.6 is 24.0 Å². The number of nitro benzene ring substituents is 1. The van der Waals surface area contributed by atoms with E-state index in [1.165, 1.54) is 24.6 Å². The zero-order chi connectivity index (χ0) is 18.7. The van der Waals surface area contributed by atoms with E-state index in [1.807, 2.05) is 0 Å². The highest BCUT2D eigenvalue weighted by Gasteiger charge is 2.39. The van der Waals surface area contributed by atoms with Gasteiger partial charge in [-0.1, -0.05) is 18.0 Å². The van der Waals surface area contributed by atoms with E-state index in [9.17, 15) is 14.9 Å². The molecule has 1 aromatic rings. The van der Waals surface area contributed by atoms with Gasteiger partial charge in [-0.3, -0.25) is 14.9 Å². The lowest BCUT2D eigenvalue weighted by Gasteiger charge is -2.45. The molecule has 2 saturated carbocycles. The molecule has 0 spiro atoms. The molecule has 27 heavy (non-hydrogen) atoms. The summed E-state index contributed by atoms with van der Waals surface area (Å²) in [6, 6.07) is 4.65. The summed E-state index contributed by atoms with van der Waals surface area (Å²) in [5, 5.41) is 14.5. The molecule has 0 aromatic heterocycles. The van der Waals surface area contributed by atoms with Gasteiger partial charge in [-0.05, 0) is 49.7 Å². The van der Waals surface area contributed by atoms with Crippen LogP contribution in [0.3, 0.4) is 0 Å². The highest BCUT2D eigenvalue weighted by molar-refractivity contribution is 6.30. The number of hydrogen-bond donors (Lipinski definition) is 2. The molecule has 1 amide bonds. The average molecular weight is 418 g/mol. The van der Waals surface area contributed by atoms with Crippen LogP contribution in [-0.4, -0.2) is 29.5 Å². The molecule has 0 radical (unpaired) electrons. The van der Waals surface area contributed by atoms with Crippen LogP contribution in [0.2, 0.25) is 5.02 Å². The summed E-state index contributed by atoms with van der Waals surface area (Å²) < 4.78 is 5.44. The van der Waals surface area contributed by atoms with Crippen LogP contribution in [0.4, 0.5) is 5.69 Å². The summed E-state index contributed by atoms with van der Waals surface area (Å²) >= 11 is 5.78. The van der Waals surface area contributed by atoms with Gasteiger partial charge in [0.05, 0.1) is 18.0 Å². The zero-order valence-corrected chi connectivity index (χ0v) is 16.5. The summed E-state index contributed by atoms with van der Waals surface area (Å²) in [6.07, 6.45) is 5.52. The molecule has 2 bridgehead atoms. The third-order valence-corrected chi connectivity index (χ3v) is 5.64. The maximum Gasteiger partial charge on any atom is 0.312 e. The smallest absolute Gasteiger partial charge is 0.312 e. The molecule has 2 fully saturated rings. The molecule has 0 heterocycles. The van der Waals surface area contributed by atoms with Crippen LogP contribution in [0.5, 0.6) is 5.75 Å². The molecule has 2 atom stereocenters. The SMILES string of the molecule is Cl.NC1CC2CCCC(C1)C2NC(=O)CCOc1ccc(Cl)cc1[N+](=O)[O-]. The van der Waals surface area contributed by atoms with Crippen LogP contribution in [0.25, 0.3) is 0 Å². The van der Waals surface area contributed by atoms with E-state index in [0.29, 0.717) is 11.8 Å². The molecule has 2 aliphatic rings. The standard InChI is InChI=1S/C18H24ClN3O4.ClH/c19-13-4-5-16(15(10-13)22(24)25)26-7-6-17(23)21-18-11-2-1-3-12(18)9-14(20)8-11;/h4-5,10-12,14,18H,1-3,6-9,20H2,(H,21,23);1H. The number of hydrogen-bond acceptors (Lipinski definition) is 5. The van der Waals surface area contributed by atoms with Crippen LogP contribution in [0.1, 0.15) is 38.5 Å². The molecular weight excluding hydrogens is 393 g/mol. The first-order chi connectivity index (χ1) is 12.4. The van der Waals surface area contributed by atoms with Crippen molar-refractivity contribution in [1.29, 1.82) is 0 Å². The van der Waals surface area contributed by atoms with E-state index in [0.717, 1.165) is 25.7 Å². The summed E-state index contributed by atoms with van der Waals surface area (Å²) in [6.45, 7) is 0.0792. The van der Waals surface area contributed by atoms with Crippen LogP contribution < -0.4 is 15.8 Å². The van der Waals surface area contributed by atoms with Crippen LogP contribution in [0.15, 0.2) is 18.2 Å². The maximum atomic E-state index is 12.3. The van der Waals surface area contributed by atoms with Crippen molar-refractivity contribution in [2.24, 2.45) is 17.6 Å². The summed E-state index contributed by atoms with van der Waals surface area (Å²) in [7, 11) is 0. The van der Waals surface area contributed by atoms with Gasteiger partial charge < -0.3 is 15.8 Å². The Labute approximate surface area is 169 Å². The largest absolute Gasteiger partial charge is 0.486 e. The van der Waals surface area contributed by atoms with Gasteiger partial charge >= 0.3 is 5.69 Å². The third kappa shape index (κ3) is 5.46. The minimum Gasteiger partial charge on any atom is -0.486 e. The molecule has 2 aliphatic carbocycles. The first-order valence-corrected chi connectivity index (χ1v) is 9.43. The van der Waals surface area contributed by atoms with Crippen molar-refractivity contribution in [3.8, 4) is 5.75 Å². The topological polar surface area (TPSA) is 107 Å². The molecule has 9 heteroatoms. The van der Waals surface area contributed by atoms with Crippen molar-refractivity contribution in [2.75, 3.05) is 6.61 Å². The molecule has 2 unspecified atom stereocenters. The van der Waals surface area contributed by atoms with E-state index in [4.69, 9.17) is 22.1 Å². The lowest BCUT2D eigenvalue weighted by atomic mass is 9.67. The second kappa shape index (κ2) is 9.57. The van der Waals surface area contributed by atoms with Crippen molar-refractivity contribution in [3.05, 3.63) is 33.3 Å². The number of carbonyl (C=O) groups excluding carboxylic acids is 1. The molecule has 7 nitrogen and oxygen atoms in total. The first-order valence-electron chi connectivity index (χ1n) is 9.05. The molecule has 150 valence electrons. The fraction of sp³-hybridized carbons (Fsp3) is 0.611. The molecular formula is C18H25Cl2N3O4. The fourth-order valence-electron chi connectivity index (χ4n) is 4.29. The number of amides is 1. The van der Waals surface area contributed by atoms with Gasteiger partial charge in [-0.25, -0.2) is 0 Å². The minimum absolute atomic E-state index is 0. The summed E-state index contributed by atoms with van der Waals surface area (Å²) in [5.74, 6) is 0.950. The predicted molar refractivity (Wildman–Crippen MR) is 105 cm³/mol. The Balaban J connectivity index is 0.00000261. The minimum atomic E-state index is -0.548. The highest BCUT2D eigenvalue weighted by Crippen LogP contribution is 2.39. The maximum absolute atomic E-state index is 12.3. The summed E-state index contributed by atoms with van der Waals surface area (Å²) in [5.41, 5.74) is 5.91. The number of nitrogens with one attached hydrogen (secondary N) is 1. The highest BCUT2D eigenvalue weighted by atomic mass is 35.5. The van der Waals surface area contributed by atoms with Crippen LogP contribution in [0, 0.1) is 22.0 Å². The normalized spacial score (nSPS) is 26.6. The van der Waals surface area contributed by atoms with Gasteiger partial charge in [0.2, 0.25) is 5.91 Å². The number of nitrogens with two attached hydrogens (primary N) is 1. The third-order valence-electron chi connectivity index (χ3n) is 5.41. The molecule has 0 saturated heterocycles. The van der Waals surface area contributed by atoms with Gasteiger partial charge in [0.15, 0.2) is 5.75 Å². The quantitative estimate of drug-likeness (QED) is 0.544. The van der Waals surface area contributed by atoms with Crippen molar-refractivity contribution in [3.63, 3.8) is 0 Å². The number of ether oxygens (including phenoxy) is 1. The van der Waals surface area contributed by atoms with Gasteiger partial charge in [0, 0.05) is 23.2 Å². The van der Waals surface area contributed by atoms with E-state index >= 15 is 0 Å². The second-order valence-electron chi connectivity index (χ2n) is 7.24. The van der Waals surface area contributed by atoms with E-state index in [-0.39, 0.29) is 59.9 Å². The fourth-order valence-corrected chi connectivity index (χ4v) is 4.46. The Kier molecular flexibility index (Phi) is 7.70. The lowest BCUT2D eigenvalue weighted by Crippen LogP contribution is -2.53. The van der Waals surface area contributed by atoms with Gasteiger partial charge in [-0.2, -0.15) is 0 Å². The number of carbonyl (C=O) groups is 1.